The highest BCUT2D eigenvalue weighted by Crippen LogP contribution is 2.40. The van der Waals surface area contributed by atoms with Gasteiger partial charge >= 0.3 is 6.18 Å². The third kappa shape index (κ3) is 5.95. The van der Waals surface area contributed by atoms with E-state index in [2.05, 4.69) is 17.1 Å². The second-order valence-corrected chi connectivity index (χ2v) is 6.03. The molecule has 0 aromatic heterocycles. The standard InChI is InChI=1S/C16H22ClF3N2.2ClH/c1-2-3-7-14(22-10-8-21-9-11-22)12-5-4-6-13(15(12)17)16(18,19)20;;/h4-6,14,21H,2-3,7-11H2,1H3;2*1H/t14-;;/m0../s1. The van der Waals surface area contributed by atoms with Crippen molar-refractivity contribution in [3.8, 4) is 0 Å². The Morgan fingerprint density at radius 1 is 1.21 bits per heavy atom. The summed E-state index contributed by atoms with van der Waals surface area (Å²) in [7, 11) is 0. The summed E-state index contributed by atoms with van der Waals surface area (Å²) in [6.07, 6.45) is -1.59. The van der Waals surface area contributed by atoms with Crippen LogP contribution >= 0.6 is 36.4 Å². The number of rotatable bonds is 5. The first-order chi connectivity index (χ1) is 10.4. The van der Waals surface area contributed by atoms with Crippen LogP contribution in [0.15, 0.2) is 18.2 Å². The highest BCUT2D eigenvalue weighted by Gasteiger charge is 2.35. The van der Waals surface area contributed by atoms with Gasteiger partial charge in [-0.3, -0.25) is 4.90 Å². The van der Waals surface area contributed by atoms with Crippen LogP contribution in [-0.4, -0.2) is 31.1 Å². The molecule has 2 nitrogen and oxygen atoms in total. The minimum absolute atomic E-state index is 0. The van der Waals surface area contributed by atoms with Gasteiger partial charge in [-0.2, -0.15) is 13.2 Å². The number of piperazine rings is 1. The third-order valence-electron chi connectivity index (χ3n) is 4.12. The second-order valence-electron chi connectivity index (χ2n) is 5.65. The first-order valence-corrected chi connectivity index (χ1v) is 8.13. The van der Waals surface area contributed by atoms with Crippen molar-refractivity contribution in [2.75, 3.05) is 26.2 Å². The second kappa shape index (κ2) is 10.7. The van der Waals surface area contributed by atoms with E-state index >= 15 is 0 Å². The van der Waals surface area contributed by atoms with Gasteiger partial charge < -0.3 is 5.32 Å². The predicted molar refractivity (Wildman–Crippen MR) is 97.7 cm³/mol. The Morgan fingerprint density at radius 3 is 2.38 bits per heavy atom. The average Bonchev–Trinajstić information content (AvgIpc) is 2.49. The van der Waals surface area contributed by atoms with E-state index < -0.39 is 11.7 Å². The molecule has 2 rings (SSSR count). The first kappa shape index (κ1) is 23.8. The van der Waals surface area contributed by atoms with Gasteiger partial charge in [0.2, 0.25) is 0 Å². The van der Waals surface area contributed by atoms with Crippen LogP contribution in [0.4, 0.5) is 13.2 Å². The Bertz CT molecular complexity index is 492. The van der Waals surface area contributed by atoms with Crippen molar-refractivity contribution in [2.45, 2.75) is 38.4 Å². The van der Waals surface area contributed by atoms with Gasteiger partial charge in [-0.05, 0) is 18.1 Å². The molecule has 1 N–H and O–H groups in total. The molecule has 0 bridgehead atoms. The summed E-state index contributed by atoms with van der Waals surface area (Å²) in [5.74, 6) is 0. The number of unbranched alkanes of at least 4 members (excludes halogenated alkanes) is 1. The van der Waals surface area contributed by atoms with E-state index in [-0.39, 0.29) is 35.9 Å². The zero-order valence-corrected chi connectivity index (χ0v) is 15.9. The molecule has 1 fully saturated rings. The van der Waals surface area contributed by atoms with Crippen LogP contribution in [0, 0.1) is 0 Å². The lowest BCUT2D eigenvalue weighted by Gasteiger charge is -2.36. The lowest BCUT2D eigenvalue weighted by Crippen LogP contribution is -2.45. The van der Waals surface area contributed by atoms with Gasteiger partial charge in [0.05, 0.1) is 10.6 Å². The van der Waals surface area contributed by atoms with E-state index in [4.69, 9.17) is 11.6 Å². The molecule has 1 aromatic rings. The third-order valence-corrected chi connectivity index (χ3v) is 4.54. The maximum Gasteiger partial charge on any atom is 0.417 e. The van der Waals surface area contributed by atoms with Crippen molar-refractivity contribution in [3.63, 3.8) is 0 Å². The predicted octanol–water partition coefficient (Wildman–Crippen LogP) is 5.34. The average molecular weight is 408 g/mol. The van der Waals surface area contributed by atoms with Gasteiger partial charge in [0, 0.05) is 32.2 Å². The normalized spacial score (nSPS) is 16.9. The van der Waals surface area contributed by atoms with E-state index in [0.29, 0.717) is 5.56 Å². The van der Waals surface area contributed by atoms with Crippen molar-refractivity contribution in [1.82, 2.24) is 10.2 Å². The number of benzene rings is 1. The number of hydrogen-bond acceptors (Lipinski definition) is 2. The Morgan fingerprint density at radius 2 is 1.83 bits per heavy atom. The van der Waals surface area contributed by atoms with Crippen molar-refractivity contribution >= 4 is 36.4 Å². The van der Waals surface area contributed by atoms with E-state index in [0.717, 1.165) is 51.5 Å². The molecule has 0 unspecified atom stereocenters. The summed E-state index contributed by atoms with van der Waals surface area (Å²) in [4.78, 5) is 2.24. The van der Waals surface area contributed by atoms with Gasteiger partial charge in [0.25, 0.3) is 0 Å². The molecule has 1 aromatic carbocycles. The number of nitrogens with zero attached hydrogens (tertiary/aromatic N) is 1. The number of alkyl halides is 3. The van der Waals surface area contributed by atoms with Crippen LogP contribution < -0.4 is 5.32 Å². The topological polar surface area (TPSA) is 15.3 Å². The van der Waals surface area contributed by atoms with Crippen LogP contribution in [-0.2, 0) is 6.18 Å². The fraction of sp³-hybridized carbons (Fsp3) is 0.625. The summed E-state index contributed by atoms with van der Waals surface area (Å²) in [6.45, 7) is 5.48. The lowest BCUT2D eigenvalue weighted by atomic mass is 9.96. The quantitative estimate of drug-likeness (QED) is 0.709. The van der Waals surface area contributed by atoms with Crippen molar-refractivity contribution in [3.05, 3.63) is 34.3 Å². The first-order valence-electron chi connectivity index (χ1n) is 7.75. The molecule has 1 atom stereocenters. The highest BCUT2D eigenvalue weighted by atomic mass is 35.5. The zero-order chi connectivity index (χ0) is 16.2. The summed E-state index contributed by atoms with van der Waals surface area (Å²) >= 11 is 6.12. The van der Waals surface area contributed by atoms with E-state index in [1.54, 1.807) is 6.07 Å². The maximum atomic E-state index is 13.1. The minimum atomic E-state index is -4.41. The molecule has 0 spiro atoms. The summed E-state index contributed by atoms with van der Waals surface area (Å²) < 4.78 is 39.2. The van der Waals surface area contributed by atoms with Crippen LogP contribution in [0.1, 0.15) is 43.4 Å². The van der Waals surface area contributed by atoms with Crippen LogP contribution in [0.2, 0.25) is 5.02 Å². The van der Waals surface area contributed by atoms with Crippen LogP contribution in [0.3, 0.4) is 0 Å². The van der Waals surface area contributed by atoms with Crippen molar-refractivity contribution in [2.24, 2.45) is 0 Å². The summed E-state index contributed by atoms with van der Waals surface area (Å²) in [6, 6.07) is 4.21. The van der Waals surface area contributed by atoms with Gasteiger partial charge in [-0.1, -0.05) is 43.5 Å². The molecule has 0 saturated carbocycles. The van der Waals surface area contributed by atoms with E-state index in [1.165, 1.54) is 6.07 Å². The monoisotopic (exact) mass is 406 g/mol. The van der Waals surface area contributed by atoms with E-state index in [1.807, 2.05) is 0 Å². The Balaban J connectivity index is 0.00000264. The molecular formula is C16H24Cl3F3N2. The van der Waals surface area contributed by atoms with Crippen molar-refractivity contribution in [1.29, 1.82) is 0 Å². The molecule has 1 aliphatic heterocycles. The van der Waals surface area contributed by atoms with Gasteiger partial charge in [0.15, 0.2) is 0 Å². The van der Waals surface area contributed by atoms with Crippen LogP contribution in [0.5, 0.6) is 0 Å². The molecule has 8 heteroatoms. The van der Waals surface area contributed by atoms with Crippen LogP contribution in [0.25, 0.3) is 0 Å². The smallest absolute Gasteiger partial charge is 0.314 e. The minimum Gasteiger partial charge on any atom is -0.314 e. The largest absolute Gasteiger partial charge is 0.417 e. The molecule has 1 saturated heterocycles. The number of halogens is 6. The molecule has 1 heterocycles. The van der Waals surface area contributed by atoms with Gasteiger partial charge in [-0.15, -0.1) is 24.8 Å². The highest BCUT2D eigenvalue weighted by molar-refractivity contribution is 6.32. The Labute approximate surface area is 158 Å². The Hall–Kier alpha value is -0.200. The Kier molecular flexibility index (Phi) is 10.6. The van der Waals surface area contributed by atoms with Crippen molar-refractivity contribution < 1.29 is 13.2 Å². The molecule has 0 radical (unpaired) electrons. The maximum absolute atomic E-state index is 13.1. The number of nitrogens with one attached hydrogen (secondary N) is 1. The lowest BCUT2D eigenvalue weighted by molar-refractivity contribution is -0.137. The molecule has 140 valence electrons. The molecule has 0 amide bonds. The molecular weight excluding hydrogens is 384 g/mol. The van der Waals surface area contributed by atoms with Gasteiger partial charge in [0.1, 0.15) is 0 Å². The summed E-state index contributed by atoms with van der Waals surface area (Å²) in [5, 5.41) is 3.13. The van der Waals surface area contributed by atoms with Gasteiger partial charge in [-0.25, -0.2) is 0 Å². The molecule has 24 heavy (non-hydrogen) atoms. The van der Waals surface area contributed by atoms with E-state index in [9.17, 15) is 13.2 Å². The fourth-order valence-corrected chi connectivity index (χ4v) is 3.31. The zero-order valence-electron chi connectivity index (χ0n) is 13.5. The SMILES string of the molecule is CCCC[C@@H](c1cccc(C(F)(F)F)c1Cl)N1CCNCC1.Cl.Cl. The molecule has 1 aliphatic rings. The molecule has 0 aliphatic carbocycles. The fourth-order valence-electron chi connectivity index (χ4n) is 2.95. The summed E-state index contributed by atoms with van der Waals surface area (Å²) in [5.41, 5.74) is -0.129. The number of hydrogen-bond donors (Lipinski definition) is 1.